The fourth-order valence-electron chi connectivity index (χ4n) is 4.56. The van der Waals surface area contributed by atoms with E-state index in [1.54, 1.807) is 19.1 Å². The summed E-state index contributed by atoms with van der Waals surface area (Å²) in [6.07, 6.45) is 6.19. The number of halogens is 1. The molecule has 0 unspecified atom stereocenters. The first-order chi connectivity index (χ1) is 15.9. The molecule has 5 rings (SSSR count). The molecule has 2 aliphatic carbocycles. The second-order valence-electron chi connectivity index (χ2n) is 9.37. The van der Waals surface area contributed by atoms with Gasteiger partial charge >= 0.3 is 0 Å². The second-order valence-corrected chi connectivity index (χ2v) is 9.37. The molecule has 2 saturated carbocycles. The van der Waals surface area contributed by atoms with Gasteiger partial charge in [-0.1, -0.05) is 6.07 Å². The average molecular weight is 453 g/mol. The van der Waals surface area contributed by atoms with Crippen LogP contribution in [0.2, 0.25) is 0 Å². The Morgan fingerprint density at radius 2 is 1.94 bits per heavy atom. The average Bonchev–Trinajstić information content (AvgIpc) is 3.56. The molecule has 3 aromatic rings. The summed E-state index contributed by atoms with van der Waals surface area (Å²) >= 11 is 0. The molecule has 3 N–H and O–H groups in total. The molecule has 33 heavy (non-hydrogen) atoms. The van der Waals surface area contributed by atoms with E-state index in [2.05, 4.69) is 20.3 Å². The van der Waals surface area contributed by atoms with Crippen LogP contribution in [0.1, 0.15) is 60.1 Å². The number of H-pyrrole nitrogens is 1. The quantitative estimate of drug-likeness (QED) is 0.520. The first kappa shape index (κ1) is 21.8. The number of ether oxygens (including phenoxy) is 1. The standard InChI is InChI=1S/C25H29FN4O3/c1-13-3-10-18(33-11-15-4-5-15)20(21(13)26)23-24-22(27-12-28-23)19(14(2)29-24)25(32)30-16-6-8-17(31)9-7-16/h3,10,12,15-17,29,31H,4-9,11H2,1-2H3,(H,30,32). The number of aliphatic hydroxyl groups excluding tert-OH is 1. The molecule has 8 heteroatoms. The van der Waals surface area contributed by atoms with Gasteiger partial charge in [-0.2, -0.15) is 0 Å². The summed E-state index contributed by atoms with van der Waals surface area (Å²) in [5.74, 6) is 0.364. The minimum Gasteiger partial charge on any atom is -0.492 e. The molecule has 0 aliphatic heterocycles. The molecule has 7 nitrogen and oxygen atoms in total. The third kappa shape index (κ3) is 4.31. The van der Waals surface area contributed by atoms with Crippen molar-refractivity contribution < 1.29 is 19.0 Å². The molecule has 1 amide bonds. The zero-order valence-electron chi connectivity index (χ0n) is 18.9. The second kappa shape index (κ2) is 8.74. The number of carbonyl (C=O) groups is 1. The number of aliphatic hydroxyl groups is 1. The largest absolute Gasteiger partial charge is 0.492 e. The number of hydrogen-bond donors (Lipinski definition) is 3. The number of amides is 1. The minimum atomic E-state index is -0.387. The van der Waals surface area contributed by atoms with Crippen LogP contribution >= 0.6 is 0 Å². The van der Waals surface area contributed by atoms with Gasteiger partial charge in [-0.3, -0.25) is 4.79 Å². The number of rotatable bonds is 6. The molecule has 2 aromatic heterocycles. The van der Waals surface area contributed by atoms with Crippen molar-refractivity contribution in [3.8, 4) is 17.0 Å². The van der Waals surface area contributed by atoms with E-state index < -0.39 is 0 Å². The number of carbonyl (C=O) groups excluding carboxylic acids is 1. The van der Waals surface area contributed by atoms with Gasteiger partial charge in [0, 0.05) is 11.7 Å². The highest BCUT2D eigenvalue weighted by Gasteiger charge is 2.28. The van der Waals surface area contributed by atoms with Crippen LogP contribution in [0.3, 0.4) is 0 Å². The molecule has 1 aromatic carbocycles. The van der Waals surface area contributed by atoms with Crippen molar-refractivity contribution in [1.82, 2.24) is 20.3 Å². The van der Waals surface area contributed by atoms with Gasteiger partial charge < -0.3 is 20.1 Å². The van der Waals surface area contributed by atoms with E-state index >= 15 is 4.39 Å². The van der Waals surface area contributed by atoms with Gasteiger partial charge in [0.05, 0.1) is 29.4 Å². The number of aromatic nitrogens is 3. The number of aryl methyl sites for hydroxylation is 2. The van der Waals surface area contributed by atoms with Gasteiger partial charge in [-0.25, -0.2) is 14.4 Å². The minimum absolute atomic E-state index is 0.0169. The summed E-state index contributed by atoms with van der Waals surface area (Å²) in [5, 5.41) is 12.8. The van der Waals surface area contributed by atoms with E-state index in [9.17, 15) is 9.90 Å². The third-order valence-electron chi connectivity index (χ3n) is 6.74. The Kier molecular flexibility index (Phi) is 5.78. The fourth-order valence-corrected chi connectivity index (χ4v) is 4.56. The molecule has 0 radical (unpaired) electrons. The number of fused-ring (bicyclic) bond motifs is 1. The lowest BCUT2D eigenvalue weighted by molar-refractivity contribution is 0.0868. The molecule has 2 aliphatic rings. The number of nitrogens with one attached hydrogen (secondary N) is 2. The zero-order chi connectivity index (χ0) is 23.1. The van der Waals surface area contributed by atoms with E-state index in [-0.39, 0.29) is 29.4 Å². The SMILES string of the molecule is Cc1ccc(OCC2CC2)c(-c2ncnc3c(C(=O)NC4CCC(O)CC4)c(C)[nH]c23)c1F. The van der Waals surface area contributed by atoms with Crippen LogP contribution < -0.4 is 10.1 Å². The smallest absolute Gasteiger partial charge is 0.255 e. The summed E-state index contributed by atoms with van der Waals surface area (Å²) in [7, 11) is 0. The van der Waals surface area contributed by atoms with E-state index in [0.29, 0.717) is 64.7 Å². The molecular weight excluding hydrogens is 423 g/mol. The lowest BCUT2D eigenvalue weighted by Crippen LogP contribution is -2.38. The van der Waals surface area contributed by atoms with E-state index in [1.807, 2.05) is 6.92 Å². The highest BCUT2D eigenvalue weighted by Crippen LogP contribution is 2.39. The predicted molar refractivity (Wildman–Crippen MR) is 123 cm³/mol. The summed E-state index contributed by atoms with van der Waals surface area (Å²) in [4.78, 5) is 25.2. The molecular formula is C25H29FN4O3. The van der Waals surface area contributed by atoms with Gasteiger partial charge in [-0.05, 0) is 69.9 Å². The van der Waals surface area contributed by atoms with E-state index in [1.165, 1.54) is 6.33 Å². The van der Waals surface area contributed by atoms with Crippen molar-refractivity contribution in [2.45, 2.75) is 64.5 Å². The number of aromatic amines is 1. The number of nitrogens with zero attached hydrogens (tertiary/aromatic N) is 2. The lowest BCUT2D eigenvalue weighted by Gasteiger charge is -2.26. The Labute approximate surface area is 191 Å². The summed E-state index contributed by atoms with van der Waals surface area (Å²) in [6, 6.07) is 3.51. The Hall–Kier alpha value is -3.00. The number of benzene rings is 1. The van der Waals surface area contributed by atoms with Crippen LogP contribution in [0.4, 0.5) is 4.39 Å². The highest BCUT2D eigenvalue weighted by molar-refractivity contribution is 6.09. The van der Waals surface area contributed by atoms with Crippen LogP contribution in [0.25, 0.3) is 22.3 Å². The molecule has 2 fully saturated rings. The van der Waals surface area contributed by atoms with Crippen LogP contribution in [-0.2, 0) is 0 Å². The summed E-state index contributed by atoms with van der Waals surface area (Å²) in [5.41, 5.74) is 3.23. The van der Waals surface area contributed by atoms with Crippen LogP contribution in [0, 0.1) is 25.6 Å². The van der Waals surface area contributed by atoms with Crippen molar-refractivity contribution in [2.24, 2.45) is 5.92 Å². The lowest BCUT2D eigenvalue weighted by atomic mass is 9.93. The summed E-state index contributed by atoms with van der Waals surface area (Å²) < 4.78 is 21.3. The van der Waals surface area contributed by atoms with Gasteiger partial charge in [-0.15, -0.1) is 0 Å². The van der Waals surface area contributed by atoms with E-state index in [4.69, 9.17) is 4.74 Å². The molecule has 2 heterocycles. The normalized spacial score (nSPS) is 20.7. The van der Waals surface area contributed by atoms with Crippen molar-refractivity contribution in [3.63, 3.8) is 0 Å². The van der Waals surface area contributed by atoms with Gasteiger partial charge in [0.1, 0.15) is 29.1 Å². The third-order valence-corrected chi connectivity index (χ3v) is 6.74. The Bertz CT molecular complexity index is 1200. The van der Waals surface area contributed by atoms with Crippen molar-refractivity contribution in [1.29, 1.82) is 0 Å². The summed E-state index contributed by atoms with van der Waals surface area (Å²) in [6.45, 7) is 4.07. The predicted octanol–water partition coefficient (Wildman–Crippen LogP) is 4.20. The molecule has 0 saturated heterocycles. The van der Waals surface area contributed by atoms with Gasteiger partial charge in [0.25, 0.3) is 5.91 Å². The first-order valence-corrected chi connectivity index (χ1v) is 11.7. The van der Waals surface area contributed by atoms with Crippen LogP contribution in [0.15, 0.2) is 18.5 Å². The monoisotopic (exact) mass is 452 g/mol. The maximum absolute atomic E-state index is 15.4. The Balaban J connectivity index is 1.52. The zero-order valence-corrected chi connectivity index (χ0v) is 18.9. The topological polar surface area (TPSA) is 100 Å². The van der Waals surface area contributed by atoms with Crippen LogP contribution in [-0.4, -0.2) is 44.7 Å². The highest BCUT2D eigenvalue weighted by atomic mass is 19.1. The molecule has 0 bridgehead atoms. The van der Waals surface area contributed by atoms with Gasteiger partial charge in [0.2, 0.25) is 0 Å². The molecule has 0 atom stereocenters. The maximum atomic E-state index is 15.4. The Morgan fingerprint density at radius 3 is 2.67 bits per heavy atom. The molecule has 0 spiro atoms. The van der Waals surface area contributed by atoms with Crippen LogP contribution in [0.5, 0.6) is 5.75 Å². The fraction of sp³-hybridized carbons (Fsp3) is 0.480. The Morgan fingerprint density at radius 1 is 1.18 bits per heavy atom. The van der Waals surface area contributed by atoms with Crippen molar-refractivity contribution >= 4 is 16.9 Å². The van der Waals surface area contributed by atoms with E-state index in [0.717, 1.165) is 25.7 Å². The van der Waals surface area contributed by atoms with Crippen molar-refractivity contribution in [2.75, 3.05) is 6.61 Å². The van der Waals surface area contributed by atoms with Crippen molar-refractivity contribution in [3.05, 3.63) is 41.1 Å². The van der Waals surface area contributed by atoms with Gasteiger partial charge in [0.15, 0.2) is 0 Å². The maximum Gasteiger partial charge on any atom is 0.255 e. The molecule has 174 valence electrons. The first-order valence-electron chi connectivity index (χ1n) is 11.7. The number of hydrogen-bond acceptors (Lipinski definition) is 5.